The minimum absolute atomic E-state index is 0.00846. The molecule has 0 unspecified atom stereocenters. The van der Waals surface area contributed by atoms with E-state index >= 15 is 0 Å². The summed E-state index contributed by atoms with van der Waals surface area (Å²) in [6.07, 6.45) is 4.17. The van der Waals surface area contributed by atoms with Gasteiger partial charge in [0.25, 0.3) is 0 Å². The minimum atomic E-state index is -1.34. The molecule has 0 aliphatic heterocycles. The maximum absolute atomic E-state index is 11.2. The van der Waals surface area contributed by atoms with E-state index in [1.165, 1.54) is 0 Å². The Balaban J connectivity index is 3.16. The Labute approximate surface area is 121 Å². The summed E-state index contributed by atoms with van der Waals surface area (Å²) >= 11 is 11.7. The second-order valence-electron chi connectivity index (χ2n) is 4.29. The molecule has 0 spiro atoms. The summed E-state index contributed by atoms with van der Waals surface area (Å²) in [5, 5.41) is 28.1. The Bertz CT molecular complexity index is 486. The molecule has 3 N–H and O–H groups in total. The van der Waals surface area contributed by atoms with Crippen molar-refractivity contribution < 1.29 is 20.1 Å². The highest BCUT2D eigenvalue weighted by Gasteiger charge is 2.25. The maximum Gasteiger partial charge on any atom is 0.339 e. The number of aromatic hydroxyl groups is 2. The average Bonchev–Trinajstić information content (AvgIpc) is 2.37. The van der Waals surface area contributed by atoms with Gasteiger partial charge in [-0.15, -0.1) is 0 Å². The zero-order chi connectivity index (χ0) is 14.6. The molecule has 0 atom stereocenters. The SMILES string of the molecule is CCCCCCc1c(Cl)c(Cl)c(O)c(O)c1C(=O)O. The van der Waals surface area contributed by atoms with Gasteiger partial charge in [-0.2, -0.15) is 0 Å². The van der Waals surface area contributed by atoms with Crippen LogP contribution in [-0.2, 0) is 6.42 Å². The average molecular weight is 307 g/mol. The molecule has 0 bridgehead atoms. The molecule has 1 aromatic carbocycles. The van der Waals surface area contributed by atoms with E-state index in [2.05, 4.69) is 6.92 Å². The van der Waals surface area contributed by atoms with E-state index in [4.69, 9.17) is 28.3 Å². The number of rotatable bonds is 6. The van der Waals surface area contributed by atoms with Crippen LogP contribution in [0.5, 0.6) is 11.5 Å². The van der Waals surface area contributed by atoms with Gasteiger partial charge in [0.2, 0.25) is 0 Å². The number of carbonyl (C=O) groups is 1. The standard InChI is InChI=1S/C13H16Cl2O4/c1-2-3-4-5-6-7-8(13(18)19)11(16)12(17)10(15)9(7)14/h16-17H,2-6H2,1H3,(H,18,19). The molecule has 4 nitrogen and oxygen atoms in total. The molecule has 1 rings (SSSR count). The molecule has 0 aliphatic rings. The van der Waals surface area contributed by atoms with Gasteiger partial charge in [-0.3, -0.25) is 0 Å². The van der Waals surface area contributed by atoms with Crippen LogP contribution in [0.4, 0.5) is 0 Å². The maximum atomic E-state index is 11.2. The number of phenolic OH excluding ortho intramolecular Hbond substituents is 1. The molecule has 0 saturated heterocycles. The van der Waals surface area contributed by atoms with Gasteiger partial charge in [0.05, 0.1) is 5.02 Å². The van der Waals surface area contributed by atoms with Crippen molar-refractivity contribution in [3.8, 4) is 11.5 Å². The van der Waals surface area contributed by atoms with Crippen molar-refractivity contribution in [3.05, 3.63) is 21.2 Å². The Morgan fingerprint density at radius 1 is 1.05 bits per heavy atom. The van der Waals surface area contributed by atoms with Gasteiger partial charge in [-0.25, -0.2) is 4.79 Å². The number of phenols is 2. The first-order valence-corrected chi connectivity index (χ1v) is 6.82. The summed E-state index contributed by atoms with van der Waals surface area (Å²) in [5.41, 5.74) is -0.103. The van der Waals surface area contributed by atoms with Crippen molar-refractivity contribution in [2.24, 2.45) is 0 Å². The van der Waals surface area contributed by atoms with Crippen LogP contribution in [-0.4, -0.2) is 21.3 Å². The zero-order valence-electron chi connectivity index (χ0n) is 10.5. The van der Waals surface area contributed by atoms with Crippen LogP contribution in [0.15, 0.2) is 0 Å². The van der Waals surface area contributed by atoms with Gasteiger partial charge in [-0.1, -0.05) is 49.4 Å². The number of aromatic carboxylic acids is 1. The monoisotopic (exact) mass is 306 g/mol. The highest BCUT2D eigenvalue weighted by molar-refractivity contribution is 6.44. The molecule has 0 saturated carbocycles. The van der Waals surface area contributed by atoms with Gasteiger partial charge in [-0.05, 0) is 18.4 Å². The number of halogens is 2. The first-order valence-electron chi connectivity index (χ1n) is 6.06. The van der Waals surface area contributed by atoms with Crippen molar-refractivity contribution in [1.82, 2.24) is 0 Å². The van der Waals surface area contributed by atoms with Crippen LogP contribution < -0.4 is 0 Å². The van der Waals surface area contributed by atoms with E-state index < -0.39 is 17.5 Å². The highest BCUT2D eigenvalue weighted by Crippen LogP contribution is 2.44. The molecular weight excluding hydrogens is 291 g/mol. The largest absolute Gasteiger partial charge is 0.504 e. The lowest BCUT2D eigenvalue weighted by Gasteiger charge is -2.13. The van der Waals surface area contributed by atoms with Crippen molar-refractivity contribution in [1.29, 1.82) is 0 Å². The molecule has 106 valence electrons. The first kappa shape index (κ1) is 15.9. The van der Waals surface area contributed by atoms with Gasteiger partial charge < -0.3 is 15.3 Å². The third kappa shape index (κ3) is 3.45. The fraction of sp³-hybridized carbons (Fsp3) is 0.462. The summed E-state index contributed by atoms with van der Waals surface area (Å²) in [7, 11) is 0. The Hall–Kier alpha value is -1.13. The molecule has 0 heterocycles. The molecule has 19 heavy (non-hydrogen) atoms. The smallest absolute Gasteiger partial charge is 0.339 e. The number of hydrogen-bond acceptors (Lipinski definition) is 3. The predicted octanol–water partition coefficient (Wildman–Crippen LogP) is 4.23. The van der Waals surface area contributed by atoms with Crippen LogP contribution >= 0.6 is 23.2 Å². The molecular formula is C13H16Cl2O4. The van der Waals surface area contributed by atoms with E-state index in [0.717, 1.165) is 25.7 Å². The van der Waals surface area contributed by atoms with Gasteiger partial charge in [0.15, 0.2) is 11.5 Å². The first-order chi connectivity index (χ1) is 8.91. The fourth-order valence-electron chi connectivity index (χ4n) is 1.91. The van der Waals surface area contributed by atoms with E-state index in [0.29, 0.717) is 6.42 Å². The highest BCUT2D eigenvalue weighted by atomic mass is 35.5. The van der Waals surface area contributed by atoms with Crippen LogP contribution in [0.25, 0.3) is 0 Å². The summed E-state index contributed by atoms with van der Waals surface area (Å²) in [5.74, 6) is -2.76. The fourth-order valence-corrected chi connectivity index (χ4v) is 2.39. The van der Waals surface area contributed by atoms with Crippen molar-refractivity contribution >= 4 is 29.2 Å². The van der Waals surface area contributed by atoms with Crippen molar-refractivity contribution in [2.75, 3.05) is 0 Å². The lowest BCUT2D eigenvalue weighted by Crippen LogP contribution is -2.05. The molecule has 0 aliphatic carbocycles. The number of benzene rings is 1. The Morgan fingerprint density at radius 2 is 1.68 bits per heavy atom. The summed E-state index contributed by atoms with van der Waals surface area (Å²) in [4.78, 5) is 11.2. The number of hydrogen-bond donors (Lipinski definition) is 3. The summed E-state index contributed by atoms with van der Waals surface area (Å²) in [6.45, 7) is 2.07. The van der Waals surface area contributed by atoms with Crippen molar-refractivity contribution in [2.45, 2.75) is 39.0 Å². The zero-order valence-corrected chi connectivity index (χ0v) is 12.1. The Morgan fingerprint density at radius 3 is 2.21 bits per heavy atom. The van der Waals surface area contributed by atoms with Crippen LogP contribution in [0.2, 0.25) is 10.0 Å². The van der Waals surface area contributed by atoms with E-state index in [-0.39, 0.29) is 21.2 Å². The second kappa shape index (κ2) is 6.87. The molecule has 0 amide bonds. The lowest BCUT2D eigenvalue weighted by molar-refractivity contribution is 0.0691. The normalized spacial score (nSPS) is 10.7. The topological polar surface area (TPSA) is 77.8 Å². The second-order valence-corrected chi connectivity index (χ2v) is 5.05. The van der Waals surface area contributed by atoms with E-state index in [9.17, 15) is 15.0 Å². The molecule has 0 aromatic heterocycles. The lowest BCUT2D eigenvalue weighted by atomic mass is 9.99. The third-order valence-electron chi connectivity index (χ3n) is 2.92. The minimum Gasteiger partial charge on any atom is -0.504 e. The molecule has 0 fully saturated rings. The number of carboxylic acid groups (broad SMARTS) is 1. The quantitative estimate of drug-likeness (QED) is 0.543. The summed E-state index contributed by atoms with van der Waals surface area (Å²) in [6, 6.07) is 0. The molecule has 0 radical (unpaired) electrons. The number of unbranched alkanes of at least 4 members (excludes halogenated alkanes) is 3. The van der Waals surface area contributed by atoms with Crippen LogP contribution in [0.1, 0.15) is 48.5 Å². The Kier molecular flexibility index (Phi) is 5.76. The predicted molar refractivity (Wildman–Crippen MR) is 74.6 cm³/mol. The van der Waals surface area contributed by atoms with Crippen LogP contribution in [0.3, 0.4) is 0 Å². The van der Waals surface area contributed by atoms with E-state index in [1.807, 2.05) is 0 Å². The van der Waals surface area contributed by atoms with Gasteiger partial charge >= 0.3 is 5.97 Å². The van der Waals surface area contributed by atoms with Crippen molar-refractivity contribution in [3.63, 3.8) is 0 Å². The van der Waals surface area contributed by atoms with Gasteiger partial charge in [0, 0.05) is 0 Å². The summed E-state index contributed by atoms with van der Waals surface area (Å²) < 4.78 is 0. The van der Waals surface area contributed by atoms with Gasteiger partial charge in [0.1, 0.15) is 10.6 Å². The molecule has 6 heteroatoms. The van der Waals surface area contributed by atoms with Crippen LogP contribution in [0, 0.1) is 0 Å². The van der Waals surface area contributed by atoms with E-state index in [1.54, 1.807) is 0 Å². The third-order valence-corrected chi connectivity index (χ3v) is 3.80. The number of carboxylic acids is 1. The molecule has 1 aromatic rings.